The van der Waals surface area contributed by atoms with Gasteiger partial charge in [-0.2, -0.15) is 11.8 Å². The second-order valence-electron chi connectivity index (χ2n) is 4.16. The highest BCUT2D eigenvalue weighted by Gasteiger charge is 2.28. The maximum atomic E-state index is 10.9. The summed E-state index contributed by atoms with van der Waals surface area (Å²) < 4.78 is 21.8. The molecule has 1 fully saturated rings. The van der Waals surface area contributed by atoms with Crippen LogP contribution in [0.2, 0.25) is 0 Å². The third-order valence-corrected chi connectivity index (χ3v) is 4.94. The van der Waals surface area contributed by atoms with Crippen LogP contribution in [-0.4, -0.2) is 55.7 Å². The minimum Gasteiger partial charge on any atom is -0.389 e. The fraction of sp³-hybridized carbons (Fsp3) is 1.00. The van der Waals surface area contributed by atoms with Crippen molar-refractivity contribution in [1.82, 2.24) is 5.32 Å². The van der Waals surface area contributed by atoms with Crippen molar-refractivity contribution >= 4 is 21.6 Å². The molecule has 0 spiro atoms. The molecule has 1 rings (SSSR count). The van der Waals surface area contributed by atoms with E-state index in [0.717, 1.165) is 25.9 Å². The Morgan fingerprint density at radius 2 is 2.00 bits per heavy atom. The van der Waals surface area contributed by atoms with Gasteiger partial charge in [0, 0.05) is 17.8 Å². The lowest BCUT2D eigenvalue weighted by Gasteiger charge is -2.32. The van der Waals surface area contributed by atoms with Crippen molar-refractivity contribution in [1.29, 1.82) is 0 Å². The van der Waals surface area contributed by atoms with E-state index in [9.17, 15) is 13.5 Å². The average molecular weight is 253 g/mol. The molecule has 0 aromatic carbocycles. The van der Waals surface area contributed by atoms with Crippen LogP contribution in [0.5, 0.6) is 0 Å². The smallest absolute Gasteiger partial charge is 0.148 e. The van der Waals surface area contributed by atoms with Gasteiger partial charge in [-0.1, -0.05) is 0 Å². The second-order valence-corrected chi connectivity index (χ2v) is 7.52. The van der Waals surface area contributed by atoms with Gasteiger partial charge in [-0.15, -0.1) is 0 Å². The fourth-order valence-corrected chi connectivity index (χ4v) is 4.00. The van der Waals surface area contributed by atoms with Crippen LogP contribution in [0.4, 0.5) is 0 Å². The van der Waals surface area contributed by atoms with Gasteiger partial charge in [0.15, 0.2) is 0 Å². The van der Waals surface area contributed by atoms with Crippen molar-refractivity contribution in [2.24, 2.45) is 0 Å². The molecule has 0 aromatic rings. The molecule has 0 radical (unpaired) electrons. The number of piperidine rings is 1. The third-order valence-electron chi connectivity index (χ3n) is 2.50. The van der Waals surface area contributed by atoms with Gasteiger partial charge in [0.2, 0.25) is 0 Å². The summed E-state index contributed by atoms with van der Waals surface area (Å²) in [4.78, 5) is 0. The van der Waals surface area contributed by atoms with E-state index in [1.54, 1.807) is 0 Å². The zero-order valence-electron chi connectivity index (χ0n) is 9.03. The van der Waals surface area contributed by atoms with Crippen molar-refractivity contribution in [3.05, 3.63) is 0 Å². The summed E-state index contributed by atoms with van der Waals surface area (Å²) in [7, 11) is -2.86. The van der Waals surface area contributed by atoms with Gasteiger partial charge in [0.05, 0.1) is 11.4 Å². The second kappa shape index (κ2) is 5.52. The summed E-state index contributed by atoms with van der Waals surface area (Å²) in [6.07, 6.45) is 2.77. The molecule has 1 heterocycles. The van der Waals surface area contributed by atoms with Crippen LogP contribution in [0.3, 0.4) is 0 Å². The van der Waals surface area contributed by atoms with Crippen LogP contribution in [0.25, 0.3) is 0 Å². The first-order valence-electron chi connectivity index (χ1n) is 5.10. The zero-order valence-corrected chi connectivity index (χ0v) is 10.7. The van der Waals surface area contributed by atoms with Gasteiger partial charge >= 0.3 is 0 Å². The minimum atomic E-state index is -2.86. The Balaban J connectivity index is 2.19. The molecule has 0 saturated carbocycles. The Morgan fingerprint density at radius 3 is 2.53 bits per heavy atom. The number of rotatable bonds is 5. The summed E-state index contributed by atoms with van der Waals surface area (Å²) in [5.41, 5.74) is -0.590. The average Bonchev–Trinajstić information content (AvgIpc) is 2.12. The maximum absolute atomic E-state index is 10.9. The van der Waals surface area contributed by atoms with E-state index >= 15 is 0 Å². The van der Waals surface area contributed by atoms with Crippen molar-refractivity contribution in [2.45, 2.75) is 18.4 Å². The molecule has 0 aliphatic carbocycles. The van der Waals surface area contributed by atoms with Gasteiger partial charge in [0.25, 0.3) is 0 Å². The number of hydrogen-bond donors (Lipinski definition) is 2. The standard InChI is InChI=1S/C9H19NO3S2/c1-15(12,13)7-6-14-8-9(11)2-4-10-5-3-9/h10-11H,2-8H2,1H3. The van der Waals surface area contributed by atoms with Gasteiger partial charge in [-0.3, -0.25) is 0 Å². The Morgan fingerprint density at radius 1 is 1.40 bits per heavy atom. The Labute approximate surface area is 95.7 Å². The Hall–Kier alpha value is 0.220. The lowest BCUT2D eigenvalue weighted by atomic mass is 9.95. The van der Waals surface area contributed by atoms with E-state index in [0.29, 0.717) is 11.5 Å². The summed E-state index contributed by atoms with van der Waals surface area (Å²) in [5, 5.41) is 13.3. The number of nitrogens with one attached hydrogen (secondary N) is 1. The molecule has 1 aliphatic rings. The summed E-state index contributed by atoms with van der Waals surface area (Å²) >= 11 is 1.53. The van der Waals surface area contributed by atoms with Crippen molar-refractivity contribution in [3.63, 3.8) is 0 Å². The highest BCUT2D eigenvalue weighted by molar-refractivity contribution is 8.00. The summed E-state index contributed by atoms with van der Waals surface area (Å²) in [6.45, 7) is 1.70. The van der Waals surface area contributed by atoms with Crippen molar-refractivity contribution in [2.75, 3.05) is 36.6 Å². The first-order chi connectivity index (χ1) is 6.91. The molecule has 4 nitrogen and oxygen atoms in total. The lowest BCUT2D eigenvalue weighted by Crippen LogP contribution is -2.43. The maximum Gasteiger partial charge on any atom is 0.148 e. The molecule has 0 aromatic heterocycles. The molecule has 1 aliphatic heterocycles. The van der Waals surface area contributed by atoms with Gasteiger partial charge in [-0.25, -0.2) is 8.42 Å². The van der Waals surface area contributed by atoms with E-state index in [4.69, 9.17) is 0 Å². The van der Waals surface area contributed by atoms with E-state index in [2.05, 4.69) is 5.32 Å². The van der Waals surface area contributed by atoms with E-state index in [1.165, 1.54) is 18.0 Å². The predicted molar refractivity (Wildman–Crippen MR) is 64.1 cm³/mol. The van der Waals surface area contributed by atoms with Crippen molar-refractivity contribution in [3.8, 4) is 0 Å². The molecule has 1 saturated heterocycles. The molecule has 0 bridgehead atoms. The number of thioether (sulfide) groups is 1. The minimum absolute atomic E-state index is 0.200. The first-order valence-corrected chi connectivity index (χ1v) is 8.31. The summed E-state index contributed by atoms with van der Waals surface area (Å²) in [6, 6.07) is 0. The molecule has 6 heteroatoms. The molecule has 15 heavy (non-hydrogen) atoms. The fourth-order valence-electron chi connectivity index (χ4n) is 1.51. The van der Waals surface area contributed by atoms with Crippen LogP contribution in [-0.2, 0) is 9.84 Å². The van der Waals surface area contributed by atoms with E-state index in [1.807, 2.05) is 0 Å². The Bertz CT molecular complexity index is 284. The quantitative estimate of drug-likeness (QED) is 0.669. The third kappa shape index (κ3) is 5.75. The molecular formula is C9H19NO3S2. The predicted octanol–water partition coefficient (Wildman–Crippen LogP) is -0.121. The molecule has 2 N–H and O–H groups in total. The first kappa shape index (κ1) is 13.3. The number of hydrogen-bond acceptors (Lipinski definition) is 5. The van der Waals surface area contributed by atoms with Crippen LogP contribution >= 0.6 is 11.8 Å². The summed E-state index contributed by atoms with van der Waals surface area (Å²) in [5.74, 6) is 1.42. The van der Waals surface area contributed by atoms with Gasteiger partial charge in [-0.05, 0) is 25.9 Å². The van der Waals surface area contributed by atoms with Crippen LogP contribution in [0.1, 0.15) is 12.8 Å². The highest BCUT2D eigenvalue weighted by Crippen LogP contribution is 2.23. The van der Waals surface area contributed by atoms with E-state index < -0.39 is 15.4 Å². The largest absolute Gasteiger partial charge is 0.389 e. The monoisotopic (exact) mass is 253 g/mol. The highest BCUT2D eigenvalue weighted by atomic mass is 32.2. The number of aliphatic hydroxyl groups is 1. The Kier molecular flexibility index (Phi) is 4.89. The SMILES string of the molecule is CS(=O)(=O)CCSCC1(O)CCNCC1. The van der Waals surface area contributed by atoms with Crippen LogP contribution in [0.15, 0.2) is 0 Å². The van der Waals surface area contributed by atoms with Crippen LogP contribution in [0, 0.1) is 0 Å². The molecule has 0 unspecified atom stereocenters. The molecule has 0 atom stereocenters. The molecule has 90 valence electrons. The lowest BCUT2D eigenvalue weighted by molar-refractivity contribution is 0.0339. The van der Waals surface area contributed by atoms with E-state index in [-0.39, 0.29) is 5.75 Å². The van der Waals surface area contributed by atoms with Crippen molar-refractivity contribution < 1.29 is 13.5 Å². The normalized spacial score (nSPS) is 21.5. The number of sulfone groups is 1. The van der Waals surface area contributed by atoms with Crippen LogP contribution < -0.4 is 5.32 Å². The molecule has 0 amide bonds. The van der Waals surface area contributed by atoms with Gasteiger partial charge in [0.1, 0.15) is 9.84 Å². The molecular weight excluding hydrogens is 234 g/mol. The zero-order chi connectivity index (χ0) is 11.4. The topological polar surface area (TPSA) is 66.4 Å². The van der Waals surface area contributed by atoms with Gasteiger partial charge < -0.3 is 10.4 Å².